The molecule has 0 spiro atoms. The van der Waals surface area contributed by atoms with Crippen molar-refractivity contribution >= 4 is 17.5 Å². The largest absolute Gasteiger partial charge is 0.479 e. The Morgan fingerprint density at radius 2 is 2.16 bits per heavy atom. The first-order valence-corrected chi connectivity index (χ1v) is 7.95. The SMILES string of the molecule is CC1Oc2ccc(CCNC(=O)c3cccc(C#N)c3)cc2NC1=O. The molecule has 6 nitrogen and oxygen atoms in total. The molecule has 1 heterocycles. The molecule has 6 heteroatoms. The number of nitrogens with zero attached hydrogens (tertiary/aromatic N) is 1. The van der Waals surface area contributed by atoms with Crippen molar-refractivity contribution in [1.29, 1.82) is 5.26 Å². The van der Waals surface area contributed by atoms with Crippen molar-refractivity contribution in [1.82, 2.24) is 5.32 Å². The van der Waals surface area contributed by atoms with Crippen molar-refractivity contribution in [3.63, 3.8) is 0 Å². The lowest BCUT2D eigenvalue weighted by Gasteiger charge is -2.23. The number of fused-ring (bicyclic) bond motifs is 1. The molecule has 0 aliphatic carbocycles. The molecule has 0 saturated carbocycles. The van der Waals surface area contributed by atoms with Gasteiger partial charge < -0.3 is 15.4 Å². The van der Waals surface area contributed by atoms with E-state index in [4.69, 9.17) is 10.00 Å². The van der Waals surface area contributed by atoms with E-state index >= 15 is 0 Å². The second kappa shape index (κ2) is 7.05. The van der Waals surface area contributed by atoms with E-state index in [1.807, 2.05) is 24.3 Å². The van der Waals surface area contributed by atoms with Crippen LogP contribution in [0.3, 0.4) is 0 Å². The number of carbonyl (C=O) groups excluding carboxylic acids is 2. The van der Waals surface area contributed by atoms with Crippen LogP contribution in [0.25, 0.3) is 0 Å². The molecule has 126 valence electrons. The summed E-state index contributed by atoms with van der Waals surface area (Å²) in [6.07, 6.45) is 0.115. The molecular weight excluding hydrogens is 318 g/mol. The summed E-state index contributed by atoms with van der Waals surface area (Å²) in [6.45, 7) is 2.14. The second-order valence-electron chi connectivity index (χ2n) is 5.78. The van der Waals surface area contributed by atoms with Gasteiger partial charge in [0, 0.05) is 12.1 Å². The van der Waals surface area contributed by atoms with Crippen molar-refractivity contribution in [2.45, 2.75) is 19.4 Å². The van der Waals surface area contributed by atoms with Crippen molar-refractivity contribution in [2.24, 2.45) is 0 Å². The molecule has 0 bridgehead atoms. The smallest absolute Gasteiger partial charge is 0.265 e. The lowest BCUT2D eigenvalue weighted by Crippen LogP contribution is -2.34. The Bertz CT molecular complexity index is 870. The third kappa shape index (κ3) is 3.78. The summed E-state index contributed by atoms with van der Waals surface area (Å²) in [5, 5.41) is 14.5. The van der Waals surface area contributed by atoms with Gasteiger partial charge in [-0.25, -0.2) is 0 Å². The molecule has 1 aliphatic heterocycles. The van der Waals surface area contributed by atoms with Crippen LogP contribution in [-0.4, -0.2) is 24.5 Å². The Morgan fingerprint density at radius 1 is 1.32 bits per heavy atom. The van der Waals surface area contributed by atoms with Gasteiger partial charge in [0.15, 0.2) is 6.10 Å². The van der Waals surface area contributed by atoms with Gasteiger partial charge >= 0.3 is 0 Å². The van der Waals surface area contributed by atoms with Gasteiger partial charge in [-0.05, 0) is 49.2 Å². The quantitative estimate of drug-likeness (QED) is 0.896. The maximum atomic E-state index is 12.1. The fourth-order valence-corrected chi connectivity index (χ4v) is 2.56. The predicted molar refractivity (Wildman–Crippen MR) is 92.4 cm³/mol. The monoisotopic (exact) mass is 335 g/mol. The van der Waals surface area contributed by atoms with Crippen LogP contribution in [0.15, 0.2) is 42.5 Å². The van der Waals surface area contributed by atoms with E-state index in [0.717, 1.165) is 5.56 Å². The van der Waals surface area contributed by atoms with Crippen LogP contribution < -0.4 is 15.4 Å². The van der Waals surface area contributed by atoms with Gasteiger partial charge in [-0.15, -0.1) is 0 Å². The molecule has 25 heavy (non-hydrogen) atoms. The third-order valence-electron chi connectivity index (χ3n) is 3.93. The maximum Gasteiger partial charge on any atom is 0.265 e. The molecule has 1 atom stereocenters. The number of hydrogen-bond donors (Lipinski definition) is 2. The summed E-state index contributed by atoms with van der Waals surface area (Å²) in [4.78, 5) is 23.8. The summed E-state index contributed by atoms with van der Waals surface area (Å²) in [5.74, 6) is 0.254. The number of hydrogen-bond acceptors (Lipinski definition) is 4. The molecule has 0 saturated heterocycles. The highest BCUT2D eigenvalue weighted by Crippen LogP contribution is 2.30. The first-order chi connectivity index (χ1) is 12.1. The van der Waals surface area contributed by atoms with Gasteiger partial charge in [-0.2, -0.15) is 5.26 Å². The lowest BCUT2D eigenvalue weighted by molar-refractivity contribution is -0.122. The van der Waals surface area contributed by atoms with Gasteiger partial charge in [0.05, 0.1) is 17.3 Å². The van der Waals surface area contributed by atoms with Gasteiger partial charge in [-0.3, -0.25) is 9.59 Å². The highest BCUT2D eigenvalue weighted by Gasteiger charge is 2.23. The van der Waals surface area contributed by atoms with E-state index in [2.05, 4.69) is 10.6 Å². The average Bonchev–Trinajstić information content (AvgIpc) is 2.63. The van der Waals surface area contributed by atoms with E-state index in [0.29, 0.717) is 35.5 Å². The van der Waals surface area contributed by atoms with Crippen LogP contribution in [0, 0.1) is 11.3 Å². The number of amides is 2. The third-order valence-corrected chi connectivity index (χ3v) is 3.93. The van der Waals surface area contributed by atoms with Gasteiger partial charge in [0.1, 0.15) is 5.75 Å². The Morgan fingerprint density at radius 3 is 2.96 bits per heavy atom. The van der Waals surface area contributed by atoms with Gasteiger partial charge in [0.25, 0.3) is 11.8 Å². The summed E-state index contributed by atoms with van der Waals surface area (Å²) >= 11 is 0. The highest BCUT2D eigenvalue weighted by atomic mass is 16.5. The average molecular weight is 335 g/mol. The van der Waals surface area contributed by atoms with Crippen LogP contribution in [-0.2, 0) is 11.2 Å². The summed E-state index contributed by atoms with van der Waals surface area (Å²) in [5.41, 5.74) is 2.53. The van der Waals surface area contributed by atoms with Crippen LogP contribution in [0.5, 0.6) is 5.75 Å². The van der Waals surface area contributed by atoms with Crippen LogP contribution in [0.4, 0.5) is 5.69 Å². The number of nitrogens with one attached hydrogen (secondary N) is 2. The van der Waals surface area contributed by atoms with E-state index < -0.39 is 6.10 Å². The van der Waals surface area contributed by atoms with Crippen LogP contribution in [0.1, 0.15) is 28.4 Å². The van der Waals surface area contributed by atoms with Crippen molar-refractivity contribution in [3.8, 4) is 11.8 Å². The van der Waals surface area contributed by atoms with Crippen molar-refractivity contribution in [3.05, 3.63) is 59.2 Å². The molecular formula is C19H17N3O3. The first kappa shape index (κ1) is 16.5. The summed E-state index contributed by atoms with van der Waals surface area (Å²) in [6, 6.07) is 14.2. The number of ether oxygens (including phenoxy) is 1. The zero-order valence-corrected chi connectivity index (χ0v) is 13.7. The van der Waals surface area contributed by atoms with Crippen molar-refractivity contribution in [2.75, 3.05) is 11.9 Å². The zero-order valence-electron chi connectivity index (χ0n) is 13.7. The fourth-order valence-electron chi connectivity index (χ4n) is 2.56. The first-order valence-electron chi connectivity index (χ1n) is 7.95. The lowest BCUT2D eigenvalue weighted by atomic mass is 10.1. The molecule has 0 aromatic heterocycles. The Labute approximate surface area is 145 Å². The van der Waals surface area contributed by atoms with Crippen LogP contribution >= 0.6 is 0 Å². The van der Waals surface area contributed by atoms with Crippen LogP contribution in [0.2, 0.25) is 0 Å². The maximum absolute atomic E-state index is 12.1. The minimum atomic E-state index is -0.498. The molecule has 0 radical (unpaired) electrons. The summed E-state index contributed by atoms with van der Waals surface area (Å²) in [7, 11) is 0. The normalized spacial score (nSPS) is 15.4. The predicted octanol–water partition coefficient (Wildman–Crippen LogP) is 2.25. The minimum Gasteiger partial charge on any atom is -0.479 e. The molecule has 2 aromatic carbocycles. The Hall–Kier alpha value is -3.33. The Kier molecular flexibility index (Phi) is 4.66. The van der Waals surface area contributed by atoms with Gasteiger partial charge in [0.2, 0.25) is 0 Å². The van der Waals surface area contributed by atoms with E-state index in [9.17, 15) is 9.59 Å². The number of carbonyl (C=O) groups is 2. The zero-order chi connectivity index (χ0) is 17.8. The molecule has 1 aliphatic rings. The number of benzene rings is 2. The molecule has 1 unspecified atom stereocenters. The summed E-state index contributed by atoms with van der Waals surface area (Å²) < 4.78 is 5.51. The van der Waals surface area contributed by atoms with E-state index in [1.54, 1.807) is 31.2 Å². The second-order valence-corrected chi connectivity index (χ2v) is 5.78. The number of anilines is 1. The number of rotatable bonds is 4. The highest BCUT2D eigenvalue weighted by molar-refractivity contribution is 5.97. The Balaban J connectivity index is 1.59. The number of nitriles is 1. The van der Waals surface area contributed by atoms with E-state index in [-0.39, 0.29) is 11.8 Å². The standard InChI is InChI=1S/C19H17N3O3/c1-12-18(23)22-16-10-13(5-6-17(16)25-12)7-8-21-19(24)15-4-2-3-14(9-15)11-20/h2-6,9-10,12H,7-8H2,1H3,(H,21,24)(H,22,23). The molecule has 3 rings (SSSR count). The fraction of sp³-hybridized carbons (Fsp3) is 0.211. The minimum absolute atomic E-state index is 0.171. The van der Waals surface area contributed by atoms with Gasteiger partial charge in [-0.1, -0.05) is 12.1 Å². The molecule has 2 N–H and O–H groups in total. The van der Waals surface area contributed by atoms with E-state index in [1.165, 1.54) is 0 Å². The molecule has 2 amide bonds. The van der Waals surface area contributed by atoms with Crippen molar-refractivity contribution < 1.29 is 14.3 Å². The molecule has 0 fully saturated rings. The topological polar surface area (TPSA) is 91.2 Å². The molecule has 2 aromatic rings.